The molecule has 2 atom stereocenters. The van der Waals surface area contributed by atoms with Crippen molar-refractivity contribution in [1.29, 1.82) is 0 Å². The number of alkyl carbamates (subject to hydrolysis) is 1. The van der Waals surface area contributed by atoms with Gasteiger partial charge in [-0.05, 0) is 32.8 Å². The van der Waals surface area contributed by atoms with Crippen LogP contribution in [0.15, 0.2) is 18.2 Å². The third kappa shape index (κ3) is 4.97. The van der Waals surface area contributed by atoms with E-state index in [0.717, 1.165) is 6.42 Å². The van der Waals surface area contributed by atoms with Crippen LogP contribution in [0.4, 0.5) is 10.5 Å². The van der Waals surface area contributed by atoms with Gasteiger partial charge in [0.25, 0.3) is 5.69 Å². The Morgan fingerprint density at radius 3 is 2.67 bits per heavy atom. The van der Waals surface area contributed by atoms with Crippen LogP contribution in [-0.4, -0.2) is 42.6 Å². The second-order valence-electron chi connectivity index (χ2n) is 7.28. The molecule has 0 saturated carbocycles. The molecule has 1 amide bonds. The monoisotopic (exact) mass is 393 g/mol. The molecule has 27 heavy (non-hydrogen) atoms. The molecule has 9 nitrogen and oxygen atoms in total. The summed E-state index contributed by atoms with van der Waals surface area (Å²) < 4.78 is 6.68. The number of nitrogens with zero attached hydrogens (tertiary/aromatic N) is 4. The number of hydrogen-bond acceptors (Lipinski definition) is 7. The highest BCUT2D eigenvalue weighted by molar-refractivity contribution is 7.80. The summed E-state index contributed by atoms with van der Waals surface area (Å²) in [4.78, 5) is 23.1. The molecular weight excluding hydrogens is 370 g/mol. The summed E-state index contributed by atoms with van der Waals surface area (Å²) in [6.07, 6.45) is 0.151. The van der Waals surface area contributed by atoms with Gasteiger partial charge in [-0.25, -0.2) is 9.48 Å². The second kappa shape index (κ2) is 7.95. The van der Waals surface area contributed by atoms with Crippen molar-refractivity contribution in [2.75, 3.05) is 0 Å². The number of carbonyl (C=O) groups is 1. The minimum absolute atomic E-state index is 0.0111. The smallest absolute Gasteiger partial charge is 0.408 e. The number of hydrogen-bond donors (Lipinski definition) is 1. The lowest BCUT2D eigenvalue weighted by Gasteiger charge is -2.27. The Morgan fingerprint density at radius 1 is 1.44 bits per heavy atom. The van der Waals surface area contributed by atoms with Crippen molar-refractivity contribution in [3.05, 3.63) is 28.3 Å². The SMILES string of the molecule is CC[C@H](C)[C@H](NC(=O)OC(C)(C)C)C(=S)n1nnc2ccc([N+](=O)[O-])cc21. The first-order valence-corrected chi connectivity index (χ1v) is 8.98. The first-order chi connectivity index (χ1) is 12.5. The van der Waals surface area contributed by atoms with E-state index in [9.17, 15) is 14.9 Å². The van der Waals surface area contributed by atoms with Crippen LogP contribution in [0.3, 0.4) is 0 Å². The molecule has 10 heteroatoms. The van der Waals surface area contributed by atoms with E-state index in [0.29, 0.717) is 16.0 Å². The number of benzene rings is 1. The van der Waals surface area contributed by atoms with Gasteiger partial charge in [-0.2, -0.15) is 0 Å². The van der Waals surface area contributed by atoms with Gasteiger partial charge in [0, 0.05) is 12.1 Å². The molecule has 0 aliphatic heterocycles. The van der Waals surface area contributed by atoms with Gasteiger partial charge in [-0.1, -0.05) is 37.7 Å². The van der Waals surface area contributed by atoms with Crippen LogP contribution >= 0.6 is 12.2 Å². The number of fused-ring (bicyclic) bond motifs is 1. The zero-order chi connectivity index (χ0) is 20.4. The fraction of sp³-hybridized carbons (Fsp3) is 0.529. The van der Waals surface area contributed by atoms with Gasteiger partial charge < -0.3 is 10.1 Å². The van der Waals surface area contributed by atoms with Crippen molar-refractivity contribution in [1.82, 2.24) is 20.3 Å². The lowest BCUT2D eigenvalue weighted by atomic mass is 9.99. The minimum Gasteiger partial charge on any atom is -0.444 e. The van der Waals surface area contributed by atoms with Gasteiger partial charge >= 0.3 is 6.09 Å². The molecule has 0 bridgehead atoms. The Balaban J connectivity index is 2.37. The van der Waals surface area contributed by atoms with E-state index in [4.69, 9.17) is 17.0 Å². The van der Waals surface area contributed by atoms with Gasteiger partial charge in [0.15, 0.2) is 0 Å². The summed E-state index contributed by atoms with van der Waals surface area (Å²) in [5.41, 5.74) is 0.150. The lowest BCUT2D eigenvalue weighted by Crippen LogP contribution is -2.48. The van der Waals surface area contributed by atoms with Crippen molar-refractivity contribution in [2.24, 2.45) is 5.92 Å². The first-order valence-electron chi connectivity index (χ1n) is 8.57. The summed E-state index contributed by atoms with van der Waals surface area (Å²) >= 11 is 5.55. The fourth-order valence-electron chi connectivity index (χ4n) is 2.43. The van der Waals surface area contributed by atoms with Crippen LogP contribution < -0.4 is 5.32 Å². The maximum absolute atomic E-state index is 12.2. The molecule has 146 valence electrons. The van der Waals surface area contributed by atoms with Gasteiger partial charge in [-0.15, -0.1) is 5.10 Å². The van der Waals surface area contributed by atoms with Gasteiger partial charge in [0.2, 0.25) is 0 Å². The molecule has 0 radical (unpaired) electrons. The number of rotatable bonds is 5. The number of amides is 1. The van der Waals surface area contributed by atoms with Gasteiger partial charge in [-0.3, -0.25) is 10.1 Å². The van der Waals surface area contributed by atoms with E-state index in [1.807, 2.05) is 13.8 Å². The Morgan fingerprint density at radius 2 is 2.11 bits per heavy atom. The minimum atomic E-state index is -0.647. The highest BCUT2D eigenvalue weighted by Gasteiger charge is 2.28. The third-order valence-corrected chi connectivity index (χ3v) is 4.43. The van der Waals surface area contributed by atoms with Crippen LogP contribution in [0, 0.1) is 16.0 Å². The van der Waals surface area contributed by atoms with Crippen LogP contribution in [0.25, 0.3) is 11.0 Å². The van der Waals surface area contributed by atoms with Crippen LogP contribution in [0.1, 0.15) is 41.0 Å². The molecule has 1 aromatic carbocycles. The maximum atomic E-state index is 12.2. The number of nitro groups is 1. The molecule has 2 aromatic rings. The molecule has 1 aromatic heterocycles. The van der Waals surface area contributed by atoms with E-state index < -0.39 is 22.7 Å². The van der Waals surface area contributed by atoms with E-state index in [1.54, 1.807) is 20.8 Å². The average molecular weight is 393 g/mol. The summed E-state index contributed by atoms with van der Waals surface area (Å²) in [5.74, 6) is -0.0111. The molecule has 1 heterocycles. The number of carbonyl (C=O) groups excluding carboxylic acids is 1. The van der Waals surface area contributed by atoms with E-state index in [-0.39, 0.29) is 11.6 Å². The molecule has 0 fully saturated rings. The van der Waals surface area contributed by atoms with Crippen LogP contribution in [-0.2, 0) is 4.74 Å². The van der Waals surface area contributed by atoms with Crippen molar-refractivity contribution in [3.63, 3.8) is 0 Å². The summed E-state index contributed by atoms with van der Waals surface area (Å²) in [7, 11) is 0. The topological polar surface area (TPSA) is 112 Å². The average Bonchev–Trinajstić information content (AvgIpc) is 2.99. The zero-order valence-corrected chi connectivity index (χ0v) is 16.7. The predicted octanol–water partition coefficient (Wildman–Crippen LogP) is 3.45. The Bertz CT molecular complexity index is 874. The first kappa shape index (κ1) is 20.7. The van der Waals surface area contributed by atoms with Gasteiger partial charge in [0.1, 0.15) is 21.6 Å². The molecule has 0 unspecified atom stereocenters. The van der Waals surface area contributed by atoms with Gasteiger partial charge in [0.05, 0.1) is 11.0 Å². The number of ether oxygens (including phenoxy) is 1. The largest absolute Gasteiger partial charge is 0.444 e. The Labute approximate surface area is 162 Å². The molecule has 0 spiro atoms. The Hall–Kier alpha value is -2.62. The van der Waals surface area contributed by atoms with E-state index in [2.05, 4.69) is 15.6 Å². The maximum Gasteiger partial charge on any atom is 0.408 e. The molecule has 0 aliphatic rings. The van der Waals surface area contributed by atoms with E-state index in [1.165, 1.54) is 22.9 Å². The molecular formula is C17H23N5O4S. The summed E-state index contributed by atoms with van der Waals surface area (Å²) in [6, 6.07) is 3.68. The number of nitro benzene ring substituents is 1. The number of thiocarbonyl (C=S) groups is 1. The number of non-ortho nitro benzene ring substituents is 1. The van der Waals surface area contributed by atoms with Crippen molar-refractivity contribution >= 4 is 40.0 Å². The Kier molecular flexibility index (Phi) is 6.09. The van der Waals surface area contributed by atoms with Crippen molar-refractivity contribution < 1.29 is 14.5 Å². The third-order valence-electron chi connectivity index (χ3n) is 4.00. The normalized spacial score (nSPS) is 13.8. The predicted molar refractivity (Wildman–Crippen MR) is 105 cm³/mol. The zero-order valence-electron chi connectivity index (χ0n) is 15.9. The number of aromatic nitrogens is 3. The highest BCUT2D eigenvalue weighted by Crippen LogP contribution is 2.21. The van der Waals surface area contributed by atoms with Crippen LogP contribution in [0.2, 0.25) is 0 Å². The van der Waals surface area contributed by atoms with Crippen molar-refractivity contribution in [2.45, 2.75) is 52.7 Å². The number of nitrogens with one attached hydrogen (secondary N) is 1. The fourth-order valence-corrected chi connectivity index (χ4v) is 2.86. The lowest BCUT2D eigenvalue weighted by molar-refractivity contribution is -0.384. The van der Waals surface area contributed by atoms with Crippen LogP contribution in [0.5, 0.6) is 0 Å². The van der Waals surface area contributed by atoms with E-state index >= 15 is 0 Å². The molecule has 1 N–H and O–H groups in total. The van der Waals surface area contributed by atoms with Crippen molar-refractivity contribution in [3.8, 4) is 0 Å². The quantitative estimate of drug-likeness (QED) is 0.470. The molecule has 0 aliphatic carbocycles. The molecule has 0 saturated heterocycles. The highest BCUT2D eigenvalue weighted by atomic mass is 32.1. The molecule has 2 rings (SSSR count). The summed E-state index contributed by atoms with van der Waals surface area (Å²) in [5, 5.41) is 21.9. The summed E-state index contributed by atoms with van der Waals surface area (Å²) in [6.45, 7) is 9.23. The second-order valence-corrected chi connectivity index (χ2v) is 7.70. The standard InChI is InChI=1S/C17H23N5O4S/c1-6-10(2)14(18-16(23)26-17(3,4)5)15(27)21-13-9-11(22(24)25)7-8-12(13)19-20-21/h7-10,14H,6H2,1-5H3,(H,18,23)/t10-,14-/m0/s1.